The van der Waals surface area contributed by atoms with Crippen LogP contribution in [0.1, 0.15) is 89.5 Å². The number of nitrogens with zero attached hydrogens (tertiary/aromatic N) is 1. The first kappa shape index (κ1) is 36.6. The van der Waals surface area contributed by atoms with Gasteiger partial charge in [-0.2, -0.15) is 0 Å². The van der Waals surface area contributed by atoms with Crippen LogP contribution in [0.5, 0.6) is 11.5 Å². The fourth-order valence-electron chi connectivity index (χ4n) is 6.38. The van der Waals surface area contributed by atoms with Crippen molar-refractivity contribution < 1.29 is 27.9 Å². The van der Waals surface area contributed by atoms with E-state index < -0.39 is 28.7 Å². The predicted molar refractivity (Wildman–Crippen MR) is 187 cm³/mol. The van der Waals surface area contributed by atoms with Gasteiger partial charge in [-0.15, -0.1) is 0 Å². The molecule has 0 radical (unpaired) electrons. The molecule has 0 unspecified atom stereocenters. The van der Waals surface area contributed by atoms with Crippen LogP contribution in [-0.4, -0.2) is 65.8 Å². The van der Waals surface area contributed by atoms with Gasteiger partial charge in [-0.25, -0.2) is 4.79 Å². The zero-order chi connectivity index (χ0) is 33.9. The normalized spacial score (nSPS) is 17.7. The Kier molecular flexibility index (Phi) is 11.6. The minimum absolute atomic E-state index is 0.00768. The lowest BCUT2D eigenvalue weighted by molar-refractivity contribution is 0.0315. The predicted octanol–water partition coefficient (Wildman–Crippen LogP) is 8.29. The molecule has 0 bridgehead atoms. The molecule has 2 aromatic rings. The number of rotatable bonds is 12. The topological polar surface area (TPSA) is 100 Å². The molecule has 250 valence electrons. The second-order valence-corrected chi connectivity index (χ2v) is 25.0. The van der Waals surface area contributed by atoms with Gasteiger partial charge < -0.3 is 29.0 Å². The summed E-state index contributed by atoms with van der Waals surface area (Å²) < 4.78 is 25.2. The highest BCUT2D eigenvalue weighted by Gasteiger charge is 2.48. The molecule has 0 aliphatic carbocycles. The second-order valence-electron chi connectivity index (χ2n) is 14.8. The smallest absolute Gasteiger partial charge is 0.338 e. The highest BCUT2D eigenvalue weighted by Crippen LogP contribution is 2.46. The third-order valence-corrected chi connectivity index (χ3v) is 20.4. The summed E-state index contributed by atoms with van der Waals surface area (Å²) in [5.74, 6) is 0.393. The molecule has 1 amide bonds. The first-order valence-electron chi connectivity index (χ1n) is 16.2. The van der Waals surface area contributed by atoms with Gasteiger partial charge in [0.15, 0.2) is 14.1 Å². The number of methoxy groups -OCH3 is 1. The number of amides is 1. The molecule has 0 spiro atoms. The van der Waals surface area contributed by atoms with Crippen molar-refractivity contribution in [1.82, 2.24) is 4.90 Å². The number of hydrogen-bond donors (Lipinski definition) is 1. The molecule has 0 aromatic heterocycles. The van der Waals surface area contributed by atoms with Crippen LogP contribution >= 0.6 is 0 Å². The first-order chi connectivity index (χ1) is 20.9. The molecular formula is C35H56N2O6Si2. The van der Waals surface area contributed by atoms with E-state index in [9.17, 15) is 9.59 Å². The van der Waals surface area contributed by atoms with Crippen molar-refractivity contribution in [3.8, 4) is 11.5 Å². The SMILES string of the molecule is COc1cc(C(=O)N2C[C@@H](OC(=O)c3ccccc3)C[C@H]2CO[Si](C)(C)C(C)(C)C)c(N)cc1O[Si](C(C)C)(C(C)C)C(C)C. The standard InChI is InChI=1S/C35H56N2O6Si2/c1-23(2)45(24(3)4,25(5)6)43-32-20-30(36)29(19-31(32)40-10)33(38)37-21-28(42-34(39)26-16-14-13-15-17-26)18-27(37)22-41-44(11,12)35(7,8)9/h13-17,19-20,23-25,27-28H,18,21-22,36H2,1-12H3/t27-,28-/m0/s1. The molecule has 10 heteroatoms. The number of nitrogen functional groups attached to an aromatic ring is 1. The first-order valence-corrected chi connectivity index (χ1v) is 21.3. The summed E-state index contributed by atoms with van der Waals surface area (Å²) >= 11 is 0. The summed E-state index contributed by atoms with van der Waals surface area (Å²) in [6, 6.07) is 12.1. The van der Waals surface area contributed by atoms with Gasteiger partial charge in [0.1, 0.15) is 11.9 Å². The van der Waals surface area contributed by atoms with E-state index in [-0.39, 0.29) is 23.5 Å². The molecule has 1 heterocycles. The number of ether oxygens (including phenoxy) is 2. The van der Waals surface area contributed by atoms with Gasteiger partial charge in [0.2, 0.25) is 0 Å². The summed E-state index contributed by atoms with van der Waals surface area (Å²) in [5.41, 5.74) is 8.81. The Bertz CT molecular complexity index is 1300. The molecule has 0 saturated carbocycles. The number of carbonyl (C=O) groups is 2. The van der Waals surface area contributed by atoms with Crippen LogP contribution in [0.4, 0.5) is 5.69 Å². The number of likely N-dealkylation sites (tertiary alicyclic amines) is 1. The van der Waals surface area contributed by atoms with Gasteiger partial charge in [-0.3, -0.25) is 4.79 Å². The minimum Gasteiger partial charge on any atom is -0.540 e. The van der Waals surface area contributed by atoms with Crippen molar-refractivity contribution in [2.75, 3.05) is 26.0 Å². The lowest BCUT2D eigenvalue weighted by Crippen LogP contribution is -2.50. The number of carbonyl (C=O) groups excluding carboxylic acids is 2. The van der Waals surface area contributed by atoms with Crippen molar-refractivity contribution in [3.05, 3.63) is 53.6 Å². The lowest BCUT2D eigenvalue weighted by Gasteiger charge is -2.42. The van der Waals surface area contributed by atoms with Crippen LogP contribution in [0, 0.1) is 0 Å². The quantitative estimate of drug-likeness (QED) is 0.139. The molecule has 8 nitrogen and oxygen atoms in total. The van der Waals surface area contributed by atoms with Crippen molar-refractivity contribution in [3.63, 3.8) is 0 Å². The van der Waals surface area contributed by atoms with Crippen LogP contribution in [-0.2, 0) is 9.16 Å². The summed E-state index contributed by atoms with van der Waals surface area (Å²) in [6.45, 7) is 24.9. The molecule has 1 fully saturated rings. The molecule has 45 heavy (non-hydrogen) atoms. The van der Waals surface area contributed by atoms with Crippen molar-refractivity contribution in [1.29, 1.82) is 0 Å². The monoisotopic (exact) mass is 656 g/mol. The Balaban J connectivity index is 1.96. The number of anilines is 1. The van der Waals surface area contributed by atoms with E-state index in [1.807, 2.05) is 6.07 Å². The van der Waals surface area contributed by atoms with Gasteiger partial charge >= 0.3 is 5.97 Å². The van der Waals surface area contributed by atoms with Gasteiger partial charge in [0.05, 0.1) is 37.4 Å². The van der Waals surface area contributed by atoms with E-state index >= 15 is 0 Å². The average Bonchev–Trinajstić information content (AvgIpc) is 3.36. The molecule has 2 aromatic carbocycles. The third kappa shape index (κ3) is 7.95. The largest absolute Gasteiger partial charge is 0.540 e. The van der Waals surface area contributed by atoms with Gasteiger partial charge in [-0.1, -0.05) is 80.5 Å². The Morgan fingerprint density at radius 2 is 1.53 bits per heavy atom. The number of esters is 1. The molecule has 1 saturated heterocycles. The summed E-state index contributed by atoms with van der Waals surface area (Å²) in [5, 5.41) is 0.00768. The fourth-order valence-corrected chi connectivity index (χ4v) is 12.7. The summed E-state index contributed by atoms with van der Waals surface area (Å²) in [6.07, 6.45) is -0.00206. The molecule has 1 aliphatic heterocycles. The van der Waals surface area contributed by atoms with E-state index in [0.29, 0.717) is 58.0 Å². The van der Waals surface area contributed by atoms with Gasteiger partial charge in [0.25, 0.3) is 14.2 Å². The lowest BCUT2D eigenvalue weighted by atomic mass is 10.1. The van der Waals surface area contributed by atoms with Crippen molar-refractivity contribution >= 4 is 34.2 Å². The van der Waals surface area contributed by atoms with E-state index in [1.165, 1.54) is 0 Å². The van der Waals surface area contributed by atoms with Crippen LogP contribution in [0.25, 0.3) is 0 Å². The average molecular weight is 657 g/mol. The van der Waals surface area contributed by atoms with Crippen LogP contribution in [0.15, 0.2) is 42.5 Å². The maximum atomic E-state index is 14.3. The highest BCUT2D eigenvalue weighted by atomic mass is 28.4. The Morgan fingerprint density at radius 1 is 0.956 bits per heavy atom. The maximum Gasteiger partial charge on any atom is 0.338 e. The molecular weight excluding hydrogens is 601 g/mol. The molecule has 2 atom stereocenters. The van der Waals surface area contributed by atoms with Gasteiger partial charge in [0, 0.05) is 18.2 Å². The van der Waals surface area contributed by atoms with Gasteiger partial charge in [-0.05, 0) is 53.0 Å². The summed E-state index contributed by atoms with van der Waals surface area (Å²) in [7, 11) is -2.84. The van der Waals surface area contributed by atoms with E-state index in [0.717, 1.165) is 0 Å². The van der Waals surface area contributed by atoms with E-state index in [2.05, 4.69) is 75.4 Å². The van der Waals surface area contributed by atoms with E-state index in [4.69, 9.17) is 24.1 Å². The van der Waals surface area contributed by atoms with Crippen LogP contribution < -0.4 is 14.9 Å². The number of hydrogen-bond acceptors (Lipinski definition) is 7. The minimum atomic E-state index is -2.31. The fraction of sp³-hybridized carbons (Fsp3) is 0.600. The van der Waals surface area contributed by atoms with Crippen LogP contribution in [0.2, 0.25) is 34.8 Å². The van der Waals surface area contributed by atoms with Crippen molar-refractivity contribution in [2.45, 2.75) is 116 Å². The van der Waals surface area contributed by atoms with Crippen LogP contribution in [0.3, 0.4) is 0 Å². The highest BCUT2D eigenvalue weighted by molar-refractivity contribution is 6.78. The van der Waals surface area contributed by atoms with Crippen molar-refractivity contribution in [2.24, 2.45) is 0 Å². The number of nitrogens with two attached hydrogens (primary N) is 1. The number of benzene rings is 2. The Morgan fingerprint density at radius 3 is 2.04 bits per heavy atom. The maximum absolute atomic E-state index is 14.3. The molecule has 1 aliphatic rings. The zero-order valence-electron chi connectivity index (χ0n) is 29.5. The molecule has 2 N–H and O–H groups in total. The Hall–Kier alpha value is -2.83. The third-order valence-electron chi connectivity index (χ3n) is 9.92. The van der Waals surface area contributed by atoms with E-state index in [1.54, 1.807) is 48.4 Å². The summed E-state index contributed by atoms with van der Waals surface area (Å²) in [4.78, 5) is 28.9. The zero-order valence-corrected chi connectivity index (χ0v) is 31.5. The molecule has 3 rings (SSSR count). The second kappa shape index (κ2) is 14.3. The Labute approximate surface area is 273 Å².